The van der Waals surface area contributed by atoms with Gasteiger partial charge in [-0.3, -0.25) is 9.59 Å². The molecule has 1 aromatic heterocycles. The number of aliphatic carboxylic acids is 1. The van der Waals surface area contributed by atoms with Gasteiger partial charge in [-0.2, -0.15) is 5.16 Å². The van der Waals surface area contributed by atoms with Crippen LogP contribution in [0.2, 0.25) is 0 Å². The molecule has 6 nitrogen and oxygen atoms in total. The molecule has 1 atom stereocenters. The molecule has 0 aliphatic carbocycles. The number of carboxylic acids is 1. The van der Waals surface area contributed by atoms with E-state index in [-0.39, 0.29) is 11.3 Å². The molecule has 0 bridgehead atoms. The molecule has 0 aliphatic heterocycles. The van der Waals surface area contributed by atoms with E-state index in [1.54, 1.807) is 30.3 Å². The lowest BCUT2D eigenvalue weighted by Crippen LogP contribution is -2.26. The van der Waals surface area contributed by atoms with Gasteiger partial charge in [0.1, 0.15) is 6.04 Å². The van der Waals surface area contributed by atoms with Crippen molar-refractivity contribution in [2.45, 2.75) is 6.04 Å². The quantitative estimate of drug-likeness (QED) is 0.724. The van der Waals surface area contributed by atoms with E-state index in [4.69, 9.17) is 15.4 Å². The van der Waals surface area contributed by atoms with Crippen LogP contribution in [0.25, 0.3) is 11.3 Å². The topological polar surface area (TPSA) is 109 Å². The summed E-state index contributed by atoms with van der Waals surface area (Å²) in [6, 6.07) is 7.28. The van der Waals surface area contributed by atoms with E-state index in [1.807, 2.05) is 0 Å². The Labute approximate surface area is 95.6 Å². The molecule has 0 saturated carbocycles. The van der Waals surface area contributed by atoms with Crippen LogP contribution in [0.3, 0.4) is 0 Å². The number of H-pyrrole nitrogens is 1. The van der Waals surface area contributed by atoms with Gasteiger partial charge in [-0.25, -0.2) is 0 Å². The molecule has 0 aliphatic rings. The van der Waals surface area contributed by atoms with Crippen molar-refractivity contribution in [1.82, 2.24) is 5.16 Å². The van der Waals surface area contributed by atoms with Crippen LogP contribution < -0.4 is 11.3 Å². The highest BCUT2D eigenvalue weighted by molar-refractivity contribution is 5.78. The molecule has 4 N–H and O–H groups in total. The van der Waals surface area contributed by atoms with Crippen molar-refractivity contribution in [3.8, 4) is 11.3 Å². The van der Waals surface area contributed by atoms with Crippen LogP contribution >= 0.6 is 0 Å². The summed E-state index contributed by atoms with van der Waals surface area (Å²) in [5.74, 6) is -1.13. The normalized spacial score (nSPS) is 12.3. The van der Waals surface area contributed by atoms with Crippen LogP contribution in [0.15, 0.2) is 39.6 Å². The summed E-state index contributed by atoms with van der Waals surface area (Å²) in [6.07, 6.45) is 0. The summed E-state index contributed by atoms with van der Waals surface area (Å²) in [4.78, 5) is 22.3. The number of aromatic nitrogens is 1. The van der Waals surface area contributed by atoms with E-state index in [1.165, 1.54) is 0 Å². The molecule has 0 fully saturated rings. The molecule has 0 saturated heterocycles. The molecule has 0 unspecified atom stereocenters. The average Bonchev–Trinajstić information content (AvgIpc) is 2.71. The Morgan fingerprint density at radius 3 is 2.59 bits per heavy atom. The number of rotatable bonds is 3. The predicted octanol–water partition coefficient (Wildman–Crippen LogP) is 0.719. The summed E-state index contributed by atoms with van der Waals surface area (Å²) in [5, 5.41) is 10.9. The van der Waals surface area contributed by atoms with Crippen LogP contribution in [0.5, 0.6) is 0 Å². The number of nitrogens with two attached hydrogens (primary N) is 1. The summed E-state index contributed by atoms with van der Waals surface area (Å²) in [5.41, 5.74) is 5.33. The Hall–Kier alpha value is -2.34. The zero-order valence-electron chi connectivity index (χ0n) is 8.71. The van der Waals surface area contributed by atoms with Gasteiger partial charge in [0.25, 0.3) is 5.56 Å². The molecule has 0 amide bonds. The standard InChI is InChI=1S/C11H10N2O4/c12-8(11(15)16)7-9(17-13-10(7)14)6-4-2-1-3-5-6/h1-5,8H,12H2,(H,13,14)(H,15,16)/t8-/m0/s1. The molecule has 88 valence electrons. The molecule has 6 heteroatoms. The van der Waals surface area contributed by atoms with Crippen LogP contribution in [0.1, 0.15) is 11.6 Å². The minimum absolute atomic E-state index is 0.0799. The first-order valence-corrected chi connectivity index (χ1v) is 4.86. The third kappa shape index (κ3) is 1.98. The van der Waals surface area contributed by atoms with Crippen molar-refractivity contribution in [2.75, 3.05) is 0 Å². The van der Waals surface area contributed by atoms with Gasteiger partial charge in [0.05, 0.1) is 5.56 Å². The SMILES string of the molecule is N[C@H](C(=O)O)c1c(-c2ccccc2)o[nH]c1=O. The first kappa shape index (κ1) is 11.2. The molecule has 2 rings (SSSR count). The number of nitrogens with one attached hydrogen (secondary N) is 1. The van der Waals surface area contributed by atoms with Crippen LogP contribution in [0, 0.1) is 0 Å². The largest absolute Gasteiger partial charge is 0.480 e. The number of carbonyl (C=O) groups is 1. The average molecular weight is 234 g/mol. The molecule has 0 radical (unpaired) electrons. The van der Waals surface area contributed by atoms with E-state index >= 15 is 0 Å². The maximum Gasteiger partial charge on any atom is 0.325 e. The minimum Gasteiger partial charge on any atom is -0.480 e. The van der Waals surface area contributed by atoms with E-state index < -0.39 is 17.6 Å². The van der Waals surface area contributed by atoms with Gasteiger partial charge in [-0.05, 0) is 0 Å². The summed E-state index contributed by atoms with van der Waals surface area (Å²) in [6.45, 7) is 0. The Kier molecular flexibility index (Phi) is 2.80. The lowest BCUT2D eigenvalue weighted by Gasteiger charge is -2.04. The van der Waals surface area contributed by atoms with Gasteiger partial charge < -0.3 is 15.4 Å². The summed E-state index contributed by atoms with van der Waals surface area (Å²) < 4.78 is 4.97. The fourth-order valence-corrected chi connectivity index (χ4v) is 1.52. The van der Waals surface area contributed by atoms with Gasteiger partial charge in [0.2, 0.25) is 0 Å². The summed E-state index contributed by atoms with van der Waals surface area (Å²) in [7, 11) is 0. The summed E-state index contributed by atoms with van der Waals surface area (Å²) >= 11 is 0. The van der Waals surface area contributed by atoms with Gasteiger partial charge >= 0.3 is 5.97 Å². The van der Waals surface area contributed by atoms with Gasteiger partial charge in [0.15, 0.2) is 5.76 Å². The third-order valence-corrected chi connectivity index (χ3v) is 2.35. The zero-order chi connectivity index (χ0) is 12.4. The van der Waals surface area contributed by atoms with Crippen molar-refractivity contribution in [2.24, 2.45) is 5.73 Å². The fourth-order valence-electron chi connectivity index (χ4n) is 1.52. The maximum atomic E-state index is 11.5. The fraction of sp³-hybridized carbons (Fsp3) is 0.0909. The van der Waals surface area contributed by atoms with Crippen molar-refractivity contribution in [3.63, 3.8) is 0 Å². The second-order valence-electron chi connectivity index (χ2n) is 3.46. The molecular weight excluding hydrogens is 224 g/mol. The van der Waals surface area contributed by atoms with Crippen LogP contribution in [0.4, 0.5) is 0 Å². The number of carboxylic acid groups (broad SMARTS) is 1. The Bertz CT molecular complexity index is 585. The zero-order valence-corrected chi connectivity index (χ0v) is 8.71. The second-order valence-corrected chi connectivity index (χ2v) is 3.46. The lowest BCUT2D eigenvalue weighted by molar-refractivity contribution is -0.138. The minimum atomic E-state index is -1.41. The van der Waals surface area contributed by atoms with Gasteiger partial charge in [0, 0.05) is 5.56 Å². The van der Waals surface area contributed by atoms with Crippen molar-refractivity contribution < 1.29 is 14.4 Å². The smallest absolute Gasteiger partial charge is 0.325 e. The molecule has 1 aromatic carbocycles. The molecule has 0 spiro atoms. The van der Waals surface area contributed by atoms with Crippen molar-refractivity contribution in [1.29, 1.82) is 0 Å². The monoisotopic (exact) mass is 234 g/mol. The Morgan fingerprint density at radius 2 is 2.00 bits per heavy atom. The highest BCUT2D eigenvalue weighted by atomic mass is 16.5. The highest BCUT2D eigenvalue weighted by Gasteiger charge is 2.25. The van der Waals surface area contributed by atoms with Gasteiger partial charge in [-0.1, -0.05) is 30.3 Å². The van der Waals surface area contributed by atoms with Crippen LogP contribution in [-0.4, -0.2) is 16.2 Å². The maximum absolute atomic E-state index is 11.5. The van der Waals surface area contributed by atoms with E-state index in [0.717, 1.165) is 0 Å². The Morgan fingerprint density at radius 1 is 1.35 bits per heavy atom. The highest BCUT2D eigenvalue weighted by Crippen LogP contribution is 2.24. The molecule has 2 aromatic rings. The first-order chi connectivity index (χ1) is 8.11. The number of benzene rings is 1. The third-order valence-electron chi connectivity index (χ3n) is 2.35. The lowest BCUT2D eigenvalue weighted by atomic mass is 10.0. The Balaban J connectivity index is 2.58. The molecule has 17 heavy (non-hydrogen) atoms. The van der Waals surface area contributed by atoms with E-state index in [0.29, 0.717) is 5.56 Å². The first-order valence-electron chi connectivity index (χ1n) is 4.86. The number of hydrogen-bond donors (Lipinski definition) is 3. The van der Waals surface area contributed by atoms with Crippen LogP contribution in [-0.2, 0) is 4.79 Å². The van der Waals surface area contributed by atoms with E-state index in [9.17, 15) is 9.59 Å². The van der Waals surface area contributed by atoms with Crippen molar-refractivity contribution in [3.05, 3.63) is 46.2 Å². The molecule has 1 heterocycles. The molecular formula is C11H10N2O4. The van der Waals surface area contributed by atoms with E-state index in [2.05, 4.69) is 5.16 Å². The number of hydrogen-bond acceptors (Lipinski definition) is 4. The second kappa shape index (κ2) is 4.26. The number of aromatic amines is 1. The predicted molar refractivity (Wildman–Crippen MR) is 59.3 cm³/mol. The van der Waals surface area contributed by atoms with Crippen molar-refractivity contribution >= 4 is 5.97 Å². The van der Waals surface area contributed by atoms with Gasteiger partial charge in [-0.15, -0.1) is 0 Å².